The van der Waals surface area contributed by atoms with Gasteiger partial charge in [-0.3, -0.25) is 4.79 Å². The maximum Gasteiger partial charge on any atom is 0.138 e. The van der Waals surface area contributed by atoms with Crippen LogP contribution in [0.4, 0.5) is 0 Å². The van der Waals surface area contributed by atoms with E-state index in [2.05, 4.69) is 36.1 Å². The summed E-state index contributed by atoms with van der Waals surface area (Å²) in [6.45, 7) is 6.95. The van der Waals surface area contributed by atoms with Crippen LogP contribution in [0.1, 0.15) is 30.4 Å². The van der Waals surface area contributed by atoms with Crippen LogP contribution in [0.2, 0.25) is 0 Å². The van der Waals surface area contributed by atoms with Gasteiger partial charge in [0, 0.05) is 6.54 Å². The van der Waals surface area contributed by atoms with Gasteiger partial charge in [-0.25, -0.2) is 0 Å². The molecule has 0 spiro atoms. The number of Topliss-reactive ketones (excluding diaryl/α,β-unsaturated/α-hetero) is 1. The predicted molar refractivity (Wildman–Crippen MR) is 65.7 cm³/mol. The molecule has 2 nitrogen and oxygen atoms in total. The number of hydrogen-bond acceptors (Lipinski definition) is 2. The van der Waals surface area contributed by atoms with Gasteiger partial charge < -0.3 is 4.90 Å². The SMILES string of the molecule is CC(=O)[C@@H](CN1CCC1)c1ccc(C)cc1. The molecule has 0 bridgehead atoms. The van der Waals surface area contributed by atoms with Crippen molar-refractivity contribution in [1.82, 2.24) is 4.90 Å². The molecule has 1 aliphatic rings. The van der Waals surface area contributed by atoms with Gasteiger partial charge in [0.1, 0.15) is 5.78 Å². The number of benzene rings is 1. The third-order valence-corrected chi connectivity index (χ3v) is 3.36. The molecule has 1 fully saturated rings. The van der Waals surface area contributed by atoms with Crippen LogP contribution in [0.25, 0.3) is 0 Å². The molecule has 0 amide bonds. The second-order valence-corrected chi connectivity index (χ2v) is 4.73. The zero-order chi connectivity index (χ0) is 11.5. The van der Waals surface area contributed by atoms with Crippen LogP contribution >= 0.6 is 0 Å². The lowest BCUT2D eigenvalue weighted by atomic mass is 9.93. The lowest BCUT2D eigenvalue weighted by Gasteiger charge is -2.33. The van der Waals surface area contributed by atoms with E-state index in [0.29, 0.717) is 0 Å². The first kappa shape index (κ1) is 11.3. The maximum absolute atomic E-state index is 11.7. The molecule has 1 aromatic carbocycles. The third kappa shape index (κ3) is 2.50. The monoisotopic (exact) mass is 217 g/mol. The minimum atomic E-state index is 0.0564. The first-order valence-corrected chi connectivity index (χ1v) is 5.96. The van der Waals surface area contributed by atoms with Crippen LogP contribution in [-0.4, -0.2) is 30.3 Å². The molecule has 1 aromatic rings. The summed E-state index contributed by atoms with van der Waals surface area (Å²) < 4.78 is 0. The molecule has 1 atom stereocenters. The zero-order valence-corrected chi connectivity index (χ0v) is 10.1. The number of aryl methyl sites for hydroxylation is 1. The smallest absolute Gasteiger partial charge is 0.138 e. The number of hydrogen-bond donors (Lipinski definition) is 0. The Kier molecular flexibility index (Phi) is 3.39. The van der Waals surface area contributed by atoms with Gasteiger partial charge in [-0.2, -0.15) is 0 Å². The van der Waals surface area contributed by atoms with Crippen molar-refractivity contribution in [2.24, 2.45) is 0 Å². The van der Waals surface area contributed by atoms with Crippen molar-refractivity contribution in [2.45, 2.75) is 26.2 Å². The van der Waals surface area contributed by atoms with E-state index >= 15 is 0 Å². The van der Waals surface area contributed by atoms with Gasteiger partial charge >= 0.3 is 0 Å². The lowest BCUT2D eigenvalue weighted by molar-refractivity contribution is -0.119. The molecule has 0 aromatic heterocycles. The minimum Gasteiger partial charge on any atom is -0.302 e. The Hall–Kier alpha value is -1.15. The van der Waals surface area contributed by atoms with Crippen molar-refractivity contribution in [3.8, 4) is 0 Å². The highest BCUT2D eigenvalue weighted by Gasteiger charge is 2.23. The summed E-state index contributed by atoms with van der Waals surface area (Å²) in [5.74, 6) is 0.330. The van der Waals surface area contributed by atoms with E-state index in [1.165, 1.54) is 12.0 Å². The molecular weight excluding hydrogens is 198 g/mol. The number of rotatable bonds is 4. The second-order valence-electron chi connectivity index (χ2n) is 4.73. The molecule has 2 rings (SSSR count). The quantitative estimate of drug-likeness (QED) is 0.771. The number of carbonyl (C=O) groups is 1. The molecule has 0 N–H and O–H groups in total. The van der Waals surface area contributed by atoms with E-state index in [9.17, 15) is 4.79 Å². The van der Waals surface area contributed by atoms with E-state index in [-0.39, 0.29) is 11.7 Å². The molecule has 0 aliphatic carbocycles. The van der Waals surface area contributed by atoms with Gasteiger partial charge in [-0.1, -0.05) is 29.8 Å². The van der Waals surface area contributed by atoms with Gasteiger partial charge in [-0.15, -0.1) is 0 Å². The summed E-state index contributed by atoms with van der Waals surface area (Å²) in [6.07, 6.45) is 1.28. The van der Waals surface area contributed by atoms with Crippen LogP contribution in [0.5, 0.6) is 0 Å². The van der Waals surface area contributed by atoms with Crippen molar-refractivity contribution >= 4 is 5.78 Å². The summed E-state index contributed by atoms with van der Waals surface area (Å²) in [5, 5.41) is 0. The minimum absolute atomic E-state index is 0.0564. The summed E-state index contributed by atoms with van der Waals surface area (Å²) in [4.78, 5) is 14.0. The summed E-state index contributed by atoms with van der Waals surface area (Å²) >= 11 is 0. The Morgan fingerprint density at radius 1 is 1.31 bits per heavy atom. The van der Waals surface area contributed by atoms with E-state index in [4.69, 9.17) is 0 Å². The largest absolute Gasteiger partial charge is 0.302 e. The fourth-order valence-corrected chi connectivity index (χ4v) is 2.09. The lowest BCUT2D eigenvalue weighted by Crippen LogP contribution is -2.41. The normalized spacial score (nSPS) is 17.9. The van der Waals surface area contributed by atoms with Gasteiger partial charge in [-0.05, 0) is 38.9 Å². The van der Waals surface area contributed by atoms with Gasteiger partial charge in [0.2, 0.25) is 0 Å². The number of likely N-dealkylation sites (tertiary alicyclic amines) is 1. The molecule has 1 aliphatic heterocycles. The zero-order valence-electron chi connectivity index (χ0n) is 10.1. The summed E-state index contributed by atoms with van der Waals surface area (Å²) in [5.41, 5.74) is 2.40. The van der Waals surface area contributed by atoms with Crippen LogP contribution in [0, 0.1) is 6.92 Å². The Balaban J connectivity index is 2.11. The highest BCUT2D eigenvalue weighted by Crippen LogP contribution is 2.21. The molecule has 0 radical (unpaired) electrons. The van der Waals surface area contributed by atoms with Crippen LogP contribution in [-0.2, 0) is 4.79 Å². The fourth-order valence-electron chi connectivity index (χ4n) is 2.09. The van der Waals surface area contributed by atoms with Crippen LogP contribution in [0.15, 0.2) is 24.3 Å². The highest BCUT2D eigenvalue weighted by molar-refractivity contribution is 5.83. The van der Waals surface area contributed by atoms with Crippen molar-refractivity contribution < 1.29 is 4.79 Å². The standard InChI is InChI=1S/C14H19NO/c1-11-4-6-13(7-5-11)14(12(2)16)10-15-8-3-9-15/h4-7,14H,3,8-10H2,1-2H3/t14-/m1/s1. The number of ketones is 1. The molecular formula is C14H19NO. The summed E-state index contributed by atoms with van der Waals surface area (Å²) in [7, 11) is 0. The average Bonchev–Trinajstić information content (AvgIpc) is 2.18. The predicted octanol–water partition coefficient (Wildman–Crippen LogP) is 2.37. The van der Waals surface area contributed by atoms with E-state index in [0.717, 1.165) is 25.2 Å². The molecule has 1 saturated heterocycles. The van der Waals surface area contributed by atoms with E-state index < -0.39 is 0 Å². The summed E-state index contributed by atoms with van der Waals surface area (Å²) in [6, 6.07) is 8.34. The van der Waals surface area contributed by atoms with E-state index in [1.807, 2.05) is 0 Å². The number of carbonyl (C=O) groups excluding carboxylic acids is 1. The molecule has 0 saturated carbocycles. The second kappa shape index (κ2) is 4.79. The van der Waals surface area contributed by atoms with Gasteiger partial charge in [0.25, 0.3) is 0 Å². The van der Waals surface area contributed by atoms with Gasteiger partial charge in [0.05, 0.1) is 5.92 Å². The van der Waals surface area contributed by atoms with Gasteiger partial charge in [0.15, 0.2) is 0 Å². The van der Waals surface area contributed by atoms with Crippen molar-refractivity contribution in [1.29, 1.82) is 0 Å². The van der Waals surface area contributed by atoms with Crippen molar-refractivity contribution in [2.75, 3.05) is 19.6 Å². The molecule has 2 heteroatoms. The van der Waals surface area contributed by atoms with E-state index in [1.54, 1.807) is 6.92 Å². The first-order chi connectivity index (χ1) is 7.66. The molecule has 86 valence electrons. The first-order valence-electron chi connectivity index (χ1n) is 5.96. The third-order valence-electron chi connectivity index (χ3n) is 3.36. The van der Waals surface area contributed by atoms with Crippen molar-refractivity contribution in [3.05, 3.63) is 35.4 Å². The Bertz CT molecular complexity index is 365. The number of nitrogens with zero attached hydrogens (tertiary/aromatic N) is 1. The fraction of sp³-hybridized carbons (Fsp3) is 0.500. The Morgan fingerprint density at radius 3 is 2.38 bits per heavy atom. The van der Waals surface area contributed by atoms with Crippen LogP contribution < -0.4 is 0 Å². The topological polar surface area (TPSA) is 20.3 Å². The molecule has 1 heterocycles. The van der Waals surface area contributed by atoms with Crippen molar-refractivity contribution in [3.63, 3.8) is 0 Å². The average molecular weight is 217 g/mol. The van der Waals surface area contributed by atoms with Crippen LogP contribution in [0.3, 0.4) is 0 Å². The maximum atomic E-state index is 11.7. The molecule has 16 heavy (non-hydrogen) atoms. The Labute approximate surface area is 97.3 Å². The molecule has 0 unspecified atom stereocenters. The highest BCUT2D eigenvalue weighted by atomic mass is 16.1. The Morgan fingerprint density at radius 2 is 1.94 bits per heavy atom.